The summed E-state index contributed by atoms with van der Waals surface area (Å²) in [6.45, 7) is 0.330. The highest BCUT2D eigenvalue weighted by Gasteiger charge is 2.50. The van der Waals surface area contributed by atoms with Crippen molar-refractivity contribution in [2.75, 3.05) is 32.2 Å². The Bertz CT molecular complexity index is 1400. The van der Waals surface area contributed by atoms with Gasteiger partial charge in [0.05, 0.1) is 30.7 Å². The van der Waals surface area contributed by atoms with Crippen LogP contribution in [0.25, 0.3) is 0 Å². The van der Waals surface area contributed by atoms with Gasteiger partial charge in [-0.25, -0.2) is 8.42 Å². The normalized spacial score (nSPS) is 21.6. The molecule has 3 aromatic rings. The number of aliphatic hydroxyl groups excluding tert-OH is 1. The van der Waals surface area contributed by atoms with Crippen molar-refractivity contribution in [2.24, 2.45) is 5.92 Å². The van der Waals surface area contributed by atoms with E-state index in [1.807, 2.05) is 37.4 Å². The number of pyridine rings is 1. The minimum Gasteiger partial charge on any atom is -0.497 e. The van der Waals surface area contributed by atoms with Gasteiger partial charge in [-0.1, -0.05) is 17.9 Å². The fourth-order valence-electron chi connectivity index (χ4n) is 5.24. The maximum absolute atomic E-state index is 13.8. The lowest BCUT2D eigenvalue weighted by atomic mass is 9.82. The van der Waals surface area contributed by atoms with Gasteiger partial charge in [-0.05, 0) is 54.4 Å². The van der Waals surface area contributed by atoms with E-state index in [0.717, 1.165) is 22.4 Å². The van der Waals surface area contributed by atoms with Crippen molar-refractivity contribution in [1.82, 2.24) is 9.29 Å². The molecule has 0 bridgehead atoms. The third-order valence-corrected chi connectivity index (χ3v) is 8.84. The molecule has 0 spiro atoms. The molecule has 8 heteroatoms. The molecule has 3 atom stereocenters. The van der Waals surface area contributed by atoms with E-state index in [9.17, 15) is 13.5 Å². The van der Waals surface area contributed by atoms with Gasteiger partial charge in [-0.15, -0.1) is 0 Å². The number of likely N-dealkylation sites (N-methyl/N-ethyl adjacent to an activating group) is 1. The molecule has 0 radical (unpaired) electrons. The third kappa shape index (κ3) is 4.16. The second kappa shape index (κ2) is 9.34. The SMILES string of the molecule is COc1cccc(S(=O)(=O)N2CC[C@@H]3[C@H]2c2cc(C#Cc4cccnc4)ccc2N(C)[C@H]3CO)c1. The van der Waals surface area contributed by atoms with Gasteiger partial charge in [0.2, 0.25) is 10.0 Å². The summed E-state index contributed by atoms with van der Waals surface area (Å²) in [4.78, 5) is 6.37. The standard InChI is InChI=1S/C27H27N3O4S/c1-29-25-11-10-19(8-9-20-5-4-13-28-17-20)15-24(25)27-23(26(29)18-31)12-14-30(27)35(32,33)22-7-3-6-21(16-22)34-2/h3-7,10-11,13,15-17,23,26-27,31H,12,14,18H2,1-2H3/t23-,26-,27-/m0/s1. The fraction of sp³-hybridized carbons (Fsp3) is 0.296. The van der Waals surface area contributed by atoms with Crippen LogP contribution in [0.15, 0.2) is 71.9 Å². The van der Waals surface area contributed by atoms with Crippen LogP contribution < -0.4 is 9.64 Å². The summed E-state index contributed by atoms with van der Waals surface area (Å²) in [6.07, 6.45) is 4.07. The number of aromatic nitrogens is 1. The van der Waals surface area contributed by atoms with E-state index in [-0.39, 0.29) is 23.5 Å². The van der Waals surface area contributed by atoms with Crippen LogP contribution in [0.4, 0.5) is 5.69 Å². The molecule has 1 N–H and O–H groups in total. The molecule has 0 unspecified atom stereocenters. The van der Waals surface area contributed by atoms with Gasteiger partial charge in [-0.3, -0.25) is 4.98 Å². The number of hydrogen-bond acceptors (Lipinski definition) is 6. The molecule has 0 amide bonds. The highest BCUT2D eigenvalue weighted by Crippen LogP contribution is 2.50. The first-order valence-electron chi connectivity index (χ1n) is 11.5. The highest BCUT2D eigenvalue weighted by atomic mass is 32.2. The number of anilines is 1. The highest BCUT2D eigenvalue weighted by molar-refractivity contribution is 7.89. The molecule has 180 valence electrons. The van der Waals surface area contributed by atoms with Crippen molar-refractivity contribution in [2.45, 2.75) is 23.4 Å². The number of methoxy groups -OCH3 is 1. The summed E-state index contributed by atoms with van der Waals surface area (Å²) < 4.78 is 34.4. The number of nitrogens with zero attached hydrogens (tertiary/aromatic N) is 3. The van der Waals surface area contributed by atoms with Gasteiger partial charge in [0.15, 0.2) is 0 Å². The van der Waals surface area contributed by atoms with Crippen molar-refractivity contribution in [3.05, 3.63) is 83.7 Å². The topological polar surface area (TPSA) is 83.0 Å². The zero-order valence-corrected chi connectivity index (χ0v) is 20.4. The molecular formula is C27H27N3O4S. The van der Waals surface area contributed by atoms with Crippen molar-refractivity contribution in [1.29, 1.82) is 0 Å². The summed E-state index contributed by atoms with van der Waals surface area (Å²) in [7, 11) is -0.320. The fourth-order valence-corrected chi connectivity index (χ4v) is 6.94. The summed E-state index contributed by atoms with van der Waals surface area (Å²) in [6, 6.07) is 15.6. The van der Waals surface area contributed by atoms with Crippen LogP contribution in [-0.4, -0.2) is 56.2 Å². The predicted octanol–water partition coefficient (Wildman–Crippen LogP) is 3.05. The first kappa shape index (κ1) is 23.4. The van der Waals surface area contributed by atoms with E-state index in [1.54, 1.807) is 41.0 Å². The van der Waals surface area contributed by atoms with Crippen molar-refractivity contribution in [3.8, 4) is 17.6 Å². The van der Waals surface area contributed by atoms with Crippen LogP contribution in [0.1, 0.15) is 29.2 Å². The number of benzene rings is 2. The van der Waals surface area contributed by atoms with Crippen molar-refractivity contribution >= 4 is 15.7 Å². The quantitative estimate of drug-likeness (QED) is 0.568. The van der Waals surface area contributed by atoms with Crippen LogP contribution in [0, 0.1) is 17.8 Å². The van der Waals surface area contributed by atoms with Crippen molar-refractivity contribution < 1.29 is 18.3 Å². The predicted molar refractivity (Wildman–Crippen MR) is 134 cm³/mol. The van der Waals surface area contributed by atoms with Crippen LogP contribution >= 0.6 is 0 Å². The van der Waals surface area contributed by atoms with Gasteiger partial charge in [0, 0.05) is 54.8 Å². The van der Waals surface area contributed by atoms with E-state index in [2.05, 4.69) is 21.7 Å². The maximum Gasteiger partial charge on any atom is 0.243 e. The van der Waals surface area contributed by atoms with E-state index in [0.29, 0.717) is 18.7 Å². The second-order valence-corrected chi connectivity index (χ2v) is 10.7. The lowest BCUT2D eigenvalue weighted by Crippen LogP contribution is -2.48. The molecule has 3 heterocycles. The Morgan fingerprint density at radius 1 is 1.11 bits per heavy atom. The molecule has 2 aliphatic heterocycles. The van der Waals surface area contributed by atoms with Gasteiger partial charge in [0.1, 0.15) is 5.75 Å². The molecule has 7 nitrogen and oxygen atoms in total. The van der Waals surface area contributed by atoms with E-state index >= 15 is 0 Å². The van der Waals surface area contributed by atoms with Crippen LogP contribution in [0.3, 0.4) is 0 Å². The Hall–Kier alpha value is -3.38. The van der Waals surface area contributed by atoms with Crippen LogP contribution in [0.5, 0.6) is 5.75 Å². The molecule has 35 heavy (non-hydrogen) atoms. The molecule has 2 aromatic carbocycles. The minimum atomic E-state index is -3.79. The first-order valence-corrected chi connectivity index (χ1v) is 12.9. The number of fused-ring (bicyclic) bond motifs is 3. The van der Waals surface area contributed by atoms with E-state index < -0.39 is 16.1 Å². The Labute approximate surface area is 206 Å². The smallest absolute Gasteiger partial charge is 0.243 e. The average molecular weight is 490 g/mol. The van der Waals surface area contributed by atoms with Gasteiger partial charge in [0.25, 0.3) is 0 Å². The lowest BCUT2D eigenvalue weighted by molar-refractivity contribution is 0.193. The molecule has 0 aliphatic carbocycles. The number of hydrogen-bond donors (Lipinski definition) is 1. The van der Waals surface area contributed by atoms with E-state index in [1.165, 1.54) is 7.11 Å². The molecular weight excluding hydrogens is 462 g/mol. The molecule has 2 aliphatic rings. The minimum absolute atomic E-state index is 0.0422. The monoisotopic (exact) mass is 489 g/mol. The molecule has 1 saturated heterocycles. The summed E-state index contributed by atoms with van der Waals surface area (Å²) in [5.41, 5.74) is 3.42. The number of sulfonamides is 1. The Morgan fingerprint density at radius 3 is 2.69 bits per heavy atom. The molecule has 0 saturated carbocycles. The summed E-state index contributed by atoms with van der Waals surface area (Å²) in [5.74, 6) is 6.77. The largest absolute Gasteiger partial charge is 0.497 e. The average Bonchev–Trinajstić information content (AvgIpc) is 3.34. The van der Waals surface area contributed by atoms with Crippen LogP contribution in [0.2, 0.25) is 0 Å². The van der Waals surface area contributed by atoms with Gasteiger partial charge in [-0.2, -0.15) is 4.31 Å². The lowest BCUT2D eigenvalue weighted by Gasteiger charge is -2.44. The molecule has 5 rings (SSSR count). The van der Waals surface area contributed by atoms with E-state index in [4.69, 9.17) is 4.74 Å². The maximum atomic E-state index is 13.8. The Balaban J connectivity index is 1.59. The Kier molecular flexibility index (Phi) is 6.24. The van der Waals surface area contributed by atoms with Crippen LogP contribution in [-0.2, 0) is 10.0 Å². The molecule has 1 fully saturated rings. The zero-order valence-electron chi connectivity index (χ0n) is 19.6. The third-order valence-electron chi connectivity index (χ3n) is 6.96. The zero-order chi connectivity index (χ0) is 24.6. The van der Waals surface area contributed by atoms with Gasteiger partial charge < -0.3 is 14.7 Å². The second-order valence-electron chi connectivity index (χ2n) is 8.82. The number of aliphatic hydroxyl groups is 1. The first-order chi connectivity index (χ1) is 16.9. The van der Waals surface area contributed by atoms with Gasteiger partial charge >= 0.3 is 0 Å². The summed E-state index contributed by atoms with van der Waals surface area (Å²) >= 11 is 0. The van der Waals surface area contributed by atoms with Crippen molar-refractivity contribution in [3.63, 3.8) is 0 Å². The number of ether oxygens (including phenoxy) is 1. The number of rotatable bonds is 4. The Morgan fingerprint density at radius 2 is 1.94 bits per heavy atom. The summed E-state index contributed by atoms with van der Waals surface area (Å²) in [5, 5.41) is 10.2. The molecule has 1 aromatic heterocycles.